The van der Waals surface area contributed by atoms with Gasteiger partial charge < -0.3 is 10.1 Å². The maximum absolute atomic E-state index is 13.1. The SMILES string of the molecule is COc1ccc(S(=O)(=O)N2CCN([C@@H](C)c3nc(Nc4ccccc4)c4ccccc4n3)CC2)cc1. The van der Waals surface area contributed by atoms with Crippen LogP contribution in [0.1, 0.15) is 18.8 Å². The third kappa shape index (κ3) is 4.90. The normalized spacial score (nSPS) is 16.1. The molecule has 36 heavy (non-hydrogen) atoms. The summed E-state index contributed by atoms with van der Waals surface area (Å²) >= 11 is 0. The Hall–Kier alpha value is -3.53. The van der Waals surface area contributed by atoms with E-state index in [1.807, 2.05) is 54.6 Å². The average molecular weight is 504 g/mol. The molecule has 1 aliphatic heterocycles. The number of rotatable bonds is 7. The van der Waals surface area contributed by atoms with E-state index in [2.05, 4.69) is 17.1 Å². The second kappa shape index (κ2) is 10.2. The zero-order valence-corrected chi connectivity index (χ0v) is 21.1. The van der Waals surface area contributed by atoms with Gasteiger partial charge in [-0.1, -0.05) is 30.3 Å². The average Bonchev–Trinajstić information content (AvgIpc) is 2.93. The van der Waals surface area contributed by atoms with Gasteiger partial charge in [0.05, 0.1) is 23.6 Å². The summed E-state index contributed by atoms with van der Waals surface area (Å²) in [6, 6.07) is 24.3. The van der Waals surface area contributed by atoms with Crippen LogP contribution in [-0.4, -0.2) is 60.9 Å². The highest BCUT2D eigenvalue weighted by molar-refractivity contribution is 7.89. The van der Waals surface area contributed by atoms with Crippen LogP contribution in [0.4, 0.5) is 11.5 Å². The summed E-state index contributed by atoms with van der Waals surface area (Å²) in [6.45, 7) is 4.06. The fourth-order valence-electron chi connectivity index (χ4n) is 4.43. The van der Waals surface area contributed by atoms with E-state index < -0.39 is 10.0 Å². The minimum Gasteiger partial charge on any atom is -0.497 e. The molecule has 1 fully saturated rings. The number of nitrogens with zero attached hydrogens (tertiary/aromatic N) is 4. The van der Waals surface area contributed by atoms with E-state index in [4.69, 9.17) is 14.7 Å². The van der Waals surface area contributed by atoms with Crippen LogP contribution in [0.3, 0.4) is 0 Å². The Morgan fingerprint density at radius 3 is 2.22 bits per heavy atom. The molecule has 1 atom stereocenters. The smallest absolute Gasteiger partial charge is 0.243 e. The van der Waals surface area contributed by atoms with Crippen LogP contribution in [0.15, 0.2) is 83.8 Å². The van der Waals surface area contributed by atoms with Gasteiger partial charge in [-0.3, -0.25) is 4.90 Å². The van der Waals surface area contributed by atoms with Crippen molar-refractivity contribution in [2.24, 2.45) is 0 Å². The molecule has 1 saturated heterocycles. The number of nitrogens with one attached hydrogen (secondary N) is 1. The lowest BCUT2D eigenvalue weighted by molar-refractivity contribution is 0.141. The van der Waals surface area contributed by atoms with E-state index in [-0.39, 0.29) is 10.9 Å². The van der Waals surface area contributed by atoms with Gasteiger partial charge in [-0.05, 0) is 55.5 Å². The van der Waals surface area contributed by atoms with Gasteiger partial charge in [-0.15, -0.1) is 0 Å². The molecule has 0 aliphatic carbocycles. The summed E-state index contributed by atoms with van der Waals surface area (Å²) in [5.74, 6) is 2.09. The van der Waals surface area contributed by atoms with Crippen LogP contribution >= 0.6 is 0 Å². The van der Waals surface area contributed by atoms with Crippen molar-refractivity contribution in [2.45, 2.75) is 17.9 Å². The number of sulfonamides is 1. The van der Waals surface area contributed by atoms with Crippen molar-refractivity contribution in [3.63, 3.8) is 0 Å². The van der Waals surface area contributed by atoms with E-state index in [0.29, 0.717) is 37.8 Å². The Kier molecular flexibility index (Phi) is 6.86. The summed E-state index contributed by atoms with van der Waals surface area (Å²) in [7, 11) is -2.00. The predicted octanol–water partition coefficient (Wildman–Crippen LogP) is 4.45. The number of methoxy groups -OCH3 is 1. The van der Waals surface area contributed by atoms with Crippen LogP contribution < -0.4 is 10.1 Å². The van der Waals surface area contributed by atoms with Crippen molar-refractivity contribution in [1.29, 1.82) is 0 Å². The first kappa shape index (κ1) is 24.2. The van der Waals surface area contributed by atoms with Gasteiger partial charge in [0, 0.05) is 37.3 Å². The van der Waals surface area contributed by atoms with E-state index in [1.54, 1.807) is 35.7 Å². The van der Waals surface area contributed by atoms with E-state index in [0.717, 1.165) is 22.4 Å². The topological polar surface area (TPSA) is 87.7 Å². The molecule has 8 nitrogen and oxygen atoms in total. The van der Waals surface area contributed by atoms with Crippen molar-refractivity contribution in [3.8, 4) is 5.75 Å². The number of para-hydroxylation sites is 2. The van der Waals surface area contributed by atoms with Gasteiger partial charge in [0.1, 0.15) is 17.4 Å². The van der Waals surface area contributed by atoms with Gasteiger partial charge in [0.15, 0.2) is 0 Å². The summed E-state index contributed by atoms with van der Waals surface area (Å²) in [5.41, 5.74) is 1.82. The maximum Gasteiger partial charge on any atom is 0.243 e. The third-order valence-corrected chi connectivity index (χ3v) is 8.46. The van der Waals surface area contributed by atoms with Crippen LogP contribution in [0.2, 0.25) is 0 Å². The third-order valence-electron chi connectivity index (χ3n) is 6.55. The molecule has 2 heterocycles. The molecule has 4 aromatic rings. The Balaban J connectivity index is 1.34. The van der Waals surface area contributed by atoms with Crippen LogP contribution in [0, 0.1) is 0 Å². The van der Waals surface area contributed by atoms with Gasteiger partial charge in [-0.25, -0.2) is 18.4 Å². The fourth-order valence-corrected chi connectivity index (χ4v) is 5.85. The quantitative estimate of drug-likeness (QED) is 0.399. The standard InChI is InChI=1S/C27H29N5O3S/c1-20(31-16-18-32(19-17-31)36(33,34)23-14-12-22(35-2)13-15-23)26-29-25-11-7-6-10-24(25)27(30-26)28-21-8-4-3-5-9-21/h3-15,20H,16-19H2,1-2H3,(H,28,29,30)/t20-/m0/s1. The lowest BCUT2D eigenvalue weighted by Crippen LogP contribution is -2.49. The molecular weight excluding hydrogens is 474 g/mol. The first-order valence-electron chi connectivity index (χ1n) is 11.9. The molecule has 1 aromatic heterocycles. The van der Waals surface area contributed by atoms with Crippen molar-refractivity contribution < 1.29 is 13.2 Å². The fraction of sp³-hybridized carbons (Fsp3) is 0.259. The summed E-state index contributed by atoms with van der Waals surface area (Å²) < 4.78 is 33.0. The van der Waals surface area contributed by atoms with Crippen molar-refractivity contribution >= 4 is 32.4 Å². The van der Waals surface area contributed by atoms with E-state index in [1.165, 1.54) is 0 Å². The molecular formula is C27H29N5O3S. The van der Waals surface area contributed by atoms with Gasteiger partial charge in [-0.2, -0.15) is 4.31 Å². The lowest BCUT2D eigenvalue weighted by atomic mass is 10.2. The zero-order chi connectivity index (χ0) is 25.1. The molecule has 0 radical (unpaired) electrons. The van der Waals surface area contributed by atoms with Crippen molar-refractivity contribution in [2.75, 3.05) is 38.6 Å². The number of hydrogen-bond donors (Lipinski definition) is 1. The minimum atomic E-state index is -3.56. The number of piperazine rings is 1. The van der Waals surface area contributed by atoms with Gasteiger partial charge in [0.25, 0.3) is 0 Å². The number of fused-ring (bicyclic) bond motifs is 1. The number of benzene rings is 3. The zero-order valence-electron chi connectivity index (χ0n) is 20.3. The Bertz CT molecular complexity index is 1440. The molecule has 3 aromatic carbocycles. The second-order valence-electron chi connectivity index (χ2n) is 8.73. The molecule has 5 rings (SSSR count). The summed E-state index contributed by atoms with van der Waals surface area (Å²) in [4.78, 5) is 12.3. The number of ether oxygens (including phenoxy) is 1. The van der Waals surface area contributed by atoms with Gasteiger partial charge in [0.2, 0.25) is 10.0 Å². The molecule has 1 N–H and O–H groups in total. The van der Waals surface area contributed by atoms with Crippen molar-refractivity contribution in [3.05, 3.63) is 84.7 Å². The summed E-state index contributed by atoms with van der Waals surface area (Å²) in [5, 5.41) is 4.38. The number of aromatic nitrogens is 2. The molecule has 186 valence electrons. The van der Waals surface area contributed by atoms with Gasteiger partial charge >= 0.3 is 0 Å². The first-order valence-corrected chi connectivity index (χ1v) is 13.4. The monoisotopic (exact) mass is 503 g/mol. The molecule has 0 spiro atoms. The molecule has 1 aliphatic rings. The highest BCUT2D eigenvalue weighted by Crippen LogP contribution is 2.28. The lowest BCUT2D eigenvalue weighted by Gasteiger charge is -2.36. The van der Waals surface area contributed by atoms with Crippen LogP contribution in [-0.2, 0) is 10.0 Å². The second-order valence-corrected chi connectivity index (χ2v) is 10.7. The number of anilines is 2. The number of hydrogen-bond acceptors (Lipinski definition) is 7. The van der Waals surface area contributed by atoms with Crippen molar-refractivity contribution in [1.82, 2.24) is 19.2 Å². The summed E-state index contributed by atoms with van der Waals surface area (Å²) in [6.07, 6.45) is 0. The first-order chi connectivity index (χ1) is 17.5. The molecule has 0 amide bonds. The van der Waals surface area contributed by atoms with Crippen LogP contribution in [0.25, 0.3) is 10.9 Å². The highest BCUT2D eigenvalue weighted by Gasteiger charge is 2.31. The van der Waals surface area contributed by atoms with E-state index >= 15 is 0 Å². The molecule has 0 saturated carbocycles. The minimum absolute atomic E-state index is 0.0724. The molecule has 0 unspecified atom stereocenters. The van der Waals surface area contributed by atoms with E-state index in [9.17, 15) is 8.42 Å². The highest BCUT2D eigenvalue weighted by atomic mass is 32.2. The Morgan fingerprint density at radius 1 is 0.861 bits per heavy atom. The molecule has 9 heteroatoms. The predicted molar refractivity (Wildman–Crippen MR) is 141 cm³/mol. The van der Waals surface area contributed by atoms with Crippen LogP contribution in [0.5, 0.6) is 5.75 Å². The maximum atomic E-state index is 13.1. The largest absolute Gasteiger partial charge is 0.497 e. The Labute approximate surface area is 211 Å². The molecule has 0 bridgehead atoms. The Morgan fingerprint density at radius 2 is 1.53 bits per heavy atom.